The lowest BCUT2D eigenvalue weighted by atomic mass is 10.0. The molecule has 45 heavy (non-hydrogen) atoms. The molecule has 2 heterocycles. The van der Waals surface area contributed by atoms with Crippen molar-refractivity contribution in [1.29, 1.82) is 0 Å². The van der Waals surface area contributed by atoms with Crippen molar-refractivity contribution >= 4 is 35.4 Å². The van der Waals surface area contributed by atoms with E-state index in [0.29, 0.717) is 25.8 Å². The average molecular weight is 627 g/mol. The Morgan fingerprint density at radius 2 is 1.58 bits per heavy atom. The molecule has 12 heteroatoms. The highest BCUT2D eigenvalue weighted by atomic mass is 16.2. The first-order valence-electron chi connectivity index (χ1n) is 16.3. The number of hydrogen-bond acceptors (Lipinski definition) is 6. The van der Waals surface area contributed by atoms with Crippen LogP contribution in [0.3, 0.4) is 0 Å². The van der Waals surface area contributed by atoms with Gasteiger partial charge >= 0.3 is 0 Å². The van der Waals surface area contributed by atoms with Gasteiger partial charge < -0.3 is 31.1 Å². The minimum absolute atomic E-state index is 0.0240. The molecule has 0 aromatic heterocycles. The molecule has 248 valence electrons. The Hall–Kier alpha value is -3.96. The summed E-state index contributed by atoms with van der Waals surface area (Å²) in [5, 5.41) is 11.2. The van der Waals surface area contributed by atoms with Gasteiger partial charge in [0.2, 0.25) is 35.4 Å². The van der Waals surface area contributed by atoms with Gasteiger partial charge in [-0.15, -0.1) is 0 Å². The first-order chi connectivity index (χ1) is 21.5. The first kappa shape index (κ1) is 35.5. The van der Waals surface area contributed by atoms with Gasteiger partial charge in [0.15, 0.2) is 0 Å². The number of hydrogen-bond donors (Lipinski definition) is 4. The quantitative estimate of drug-likeness (QED) is 0.341. The standard InChI is InChI=1S/C33H50N6O6/c1-5-25-20-39(30(42)15-17-38-16-11-7-10-14-29(38)41)21-28(40)34-23(4)31(43)36-26(18-22(2)3)33(45)37-27(32(44)35-25)19-24-12-8-6-9-13-24/h6,8-9,12-13,22-23,25-27H,5,7,10-11,14-21H2,1-4H3,(H,34,40)(H,35,44)(H,36,43)(H,37,45)/t23-,25+,26+,27+/m1/s1. The Kier molecular flexibility index (Phi) is 13.8. The lowest BCUT2D eigenvalue weighted by molar-refractivity contribution is -0.139. The molecule has 3 rings (SSSR count). The van der Waals surface area contributed by atoms with E-state index >= 15 is 0 Å². The van der Waals surface area contributed by atoms with Crippen molar-refractivity contribution in [3.63, 3.8) is 0 Å². The molecule has 0 spiro atoms. The molecule has 0 unspecified atom stereocenters. The van der Waals surface area contributed by atoms with E-state index in [2.05, 4.69) is 21.3 Å². The number of likely N-dealkylation sites (tertiary alicyclic amines) is 1. The normalized spacial score (nSPS) is 24.5. The number of nitrogens with one attached hydrogen (secondary N) is 4. The third-order valence-electron chi connectivity index (χ3n) is 8.26. The molecular formula is C33H50N6O6. The summed E-state index contributed by atoms with van der Waals surface area (Å²) in [7, 11) is 0. The largest absolute Gasteiger partial charge is 0.350 e. The second kappa shape index (κ2) is 17.5. The zero-order valence-electron chi connectivity index (χ0n) is 27.1. The van der Waals surface area contributed by atoms with Crippen molar-refractivity contribution < 1.29 is 28.8 Å². The van der Waals surface area contributed by atoms with Crippen LogP contribution < -0.4 is 21.3 Å². The minimum Gasteiger partial charge on any atom is -0.350 e. The molecule has 2 saturated heterocycles. The number of carbonyl (C=O) groups is 6. The summed E-state index contributed by atoms with van der Waals surface area (Å²) < 4.78 is 0. The Labute approximate surface area is 266 Å². The van der Waals surface area contributed by atoms with Crippen LogP contribution in [0, 0.1) is 5.92 Å². The van der Waals surface area contributed by atoms with Crippen molar-refractivity contribution in [3.05, 3.63) is 35.9 Å². The van der Waals surface area contributed by atoms with Crippen LogP contribution in [0.1, 0.15) is 78.2 Å². The van der Waals surface area contributed by atoms with Crippen molar-refractivity contribution in [1.82, 2.24) is 31.1 Å². The topological polar surface area (TPSA) is 157 Å². The molecule has 0 aliphatic carbocycles. The molecule has 1 aromatic rings. The van der Waals surface area contributed by atoms with Gasteiger partial charge in [-0.1, -0.05) is 57.5 Å². The number of nitrogens with zero attached hydrogens (tertiary/aromatic N) is 2. The molecule has 2 aliphatic rings. The third kappa shape index (κ3) is 11.5. The van der Waals surface area contributed by atoms with E-state index in [9.17, 15) is 28.8 Å². The Balaban J connectivity index is 1.88. The number of benzene rings is 1. The van der Waals surface area contributed by atoms with Crippen LogP contribution in [0.25, 0.3) is 0 Å². The van der Waals surface area contributed by atoms with Crippen LogP contribution in [0.2, 0.25) is 0 Å². The maximum absolute atomic E-state index is 13.7. The van der Waals surface area contributed by atoms with E-state index < -0.39 is 47.8 Å². The fourth-order valence-electron chi connectivity index (χ4n) is 5.62. The lowest BCUT2D eigenvalue weighted by Gasteiger charge is -2.30. The molecule has 1 aromatic carbocycles. The van der Waals surface area contributed by atoms with Crippen LogP contribution >= 0.6 is 0 Å². The van der Waals surface area contributed by atoms with Gasteiger partial charge in [-0.05, 0) is 44.1 Å². The number of carbonyl (C=O) groups excluding carboxylic acids is 6. The highest BCUT2D eigenvalue weighted by Crippen LogP contribution is 2.13. The number of rotatable bonds is 8. The number of amides is 6. The van der Waals surface area contributed by atoms with Gasteiger partial charge in [0.25, 0.3) is 0 Å². The first-order valence-corrected chi connectivity index (χ1v) is 16.3. The van der Waals surface area contributed by atoms with Crippen LogP contribution in [0.5, 0.6) is 0 Å². The van der Waals surface area contributed by atoms with E-state index in [-0.39, 0.29) is 50.2 Å². The SMILES string of the molecule is CC[C@H]1CN(C(=O)CCN2CCCCCC2=O)CC(=O)N[C@H](C)C(=O)N[C@@H](CC(C)C)C(=O)N[C@@H](Cc2ccccc2)C(=O)N1. The maximum Gasteiger partial charge on any atom is 0.243 e. The summed E-state index contributed by atoms with van der Waals surface area (Å²) in [6.45, 7) is 7.81. The average Bonchev–Trinajstić information content (AvgIpc) is 3.21. The highest BCUT2D eigenvalue weighted by molar-refractivity contribution is 5.95. The van der Waals surface area contributed by atoms with Crippen molar-refractivity contribution in [3.8, 4) is 0 Å². The molecular weight excluding hydrogens is 576 g/mol. The van der Waals surface area contributed by atoms with E-state index in [1.165, 1.54) is 11.8 Å². The molecule has 2 fully saturated rings. The lowest BCUT2D eigenvalue weighted by Crippen LogP contribution is -2.57. The van der Waals surface area contributed by atoms with Crippen LogP contribution in [-0.2, 0) is 35.2 Å². The zero-order valence-corrected chi connectivity index (χ0v) is 27.1. The van der Waals surface area contributed by atoms with Crippen LogP contribution in [0.15, 0.2) is 30.3 Å². The fraction of sp³-hybridized carbons (Fsp3) is 0.636. The second-order valence-electron chi connectivity index (χ2n) is 12.6. The molecule has 6 amide bonds. The summed E-state index contributed by atoms with van der Waals surface area (Å²) in [6, 6.07) is 5.96. The smallest absolute Gasteiger partial charge is 0.243 e. The summed E-state index contributed by atoms with van der Waals surface area (Å²) in [5.74, 6) is -2.26. The molecule has 2 aliphatic heterocycles. The summed E-state index contributed by atoms with van der Waals surface area (Å²) in [5.41, 5.74) is 0.844. The monoisotopic (exact) mass is 626 g/mol. The molecule has 12 nitrogen and oxygen atoms in total. The van der Waals surface area contributed by atoms with Crippen molar-refractivity contribution in [2.24, 2.45) is 5.92 Å². The predicted molar refractivity (Wildman–Crippen MR) is 170 cm³/mol. The maximum atomic E-state index is 13.7. The van der Waals surface area contributed by atoms with Crippen molar-refractivity contribution in [2.45, 2.75) is 103 Å². The van der Waals surface area contributed by atoms with Gasteiger partial charge in [-0.25, -0.2) is 0 Å². The zero-order chi connectivity index (χ0) is 32.9. The summed E-state index contributed by atoms with van der Waals surface area (Å²) in [6.07, 6.45) is 4.19. The molecule has 0 bridgehead atoms. The van der Waals surface area contributed by atoms with Gasteiger partial charge in [-0.2, -0.15) is 0 Å². The summed E-state index contributed by atoms with van der Waals surface area (Å²) >= 11 is 0. The van der Waals surface area contributed by atoms with Gasteiger partial charge in [0.1, 0.15) is 18.1 Å². The van der Waals surface area contributed by atoms with Crippen LogP contribution in [0.4, 0.5) is 0 Å². The summed E-state index contributed by atoms with van der Waals surface area (Å²) in [4.78, 5) is 82.6. The fourth-order valence-corrected chi connectivity index (χ4v) is 5.62. The molecule has 4 atom stereocenters. The molecule has 4 N–H and O–H groups in total. The molecule has 0 saturated carbocycles. The molecule has 0 radical (unpaired) electrons. The van der Waals surface area contributed by atoms with Gasteiger partial charge in [-0.3, -0.25) is 28.8 Å². The second-order valence-corrected chi connectivity index (χ2v) is 12.6. The van der Waals surface area contributed by atoms with E-state index in [1.54, 1.807) is 4.90 Å². The van der Waals surface area contributed by atoms with Crippen molar-refractivity contribution in [2.75, 3.05) is 26.2 Å². The Morgan fingerprint density at radius 1 is 0.889 bits per heavy atom. The van der Waals surface area contributed by atoms with Crippen LogP contribution in [-0.4, -0.2) is 95.6 Å². The van der Waals surface area contributed by atoms with Gasteiger partial charge in [0.05, 0.1) is 6.54 Å². The Morgan fingerprint density at radius 3 is 2.27 bits per heavy atom. The third-order valence-corrected chi connectivity index (χ3v) is 8.26. The highest BCUT2D eigenvalue weighted by Gasteiger charge is 2.32. The van der Waals surface area contributed by atoms with E-state index in [1.807, 2.05) is 51.1 Å². The minimum atomic E-state index is -0.974. The van der Waals surface area contributed by atoms with E-state index in [4.69, 9.17) is 0 Å². The van der Waals surface area contributed by atoms with Gasteiger partial charge in [0, 0.05) is 44.9 Å². The Bertz CT molecular complexity index is 1190. The predicted octanol–water partition coefficient (Wildman–Crippen LogP) is 1.28. The van der Waals surface area contributed by atoms with E-state index in [0.717, 1.165) is 24.8 Å².